The maximum atomic E-state index is 12.5. The number of ether oxygens (including phenoxy) is 1. The molecule has 1 unspecified atom stereocenters. The average molecular weight is 326 g/mol. The van der Waals surface area contributed by atoms with E-state index in [-0.39, 0.29) is 5.56 Å². The number of rotatable bonds is 5. The number of hydrogen-bond acceptors (Lipinski definition) is 5. The predicted molar refractivity (Wildman–Crippen MR) is 83.8 cm³/mol. The van der Waals surface area contributed by atoms with Crippen LogP contribution in [0.15, 0.2) is 48.9 Å². The SMILES string of the molecule is COc1cccc2c(C(=O)NC(C(=O)O)c3cccnc3)cnn12. The topological polar surface area (TPSA) is 106 Å². The molecule has 0 saturated heterocycles. The molecule has 0 fully saturated rings. The van der Waals surface area contributed by atoms with Crippen LogP contribution in [0.25, 0.3) is 5.52 Å². The van der Waals surface area contributed by atoms with Crippen molar-refractivity contribution in [2.45, 2.75) is 6.04 Å². The van der Waals surface area contributed by atoms with Crippen molar-refractivity contribution in [1.29, 1.82) is 0 Å². The Morgan fingerprint density at radius 3 is 2.75 bits per heavy atom. The molecule has 0 aromatic carbocycles. The minimum absolute atomic E-state index is 0.254. The van der Waals surface area contributed by atoms with Crippen molar-refractivity contribution in [2.24, 2.45) is 0 Å². The molecule has 0 aliphatic heterocycles. The molecule has 0 aliphatic carbocycles. The Morgan fingerprint density at radius 2 is 2.08 bits per heavy atom. The molecule has 0 aliphatic rings. The smallest absolute Gasteiger partial charge is 0.330 e. The Bertz CT molecular complexity index is 891. The Morgan fingerprint density at radius 1 is 1.25 bits per heavy atom. The van der Waals surface area contributed by atoms with Crippen molar-refractivity contribution in [3.8, 4) is 5.88 Å². The Kier molecular flexibility index (Phi) is 4.11. The first-order valence-electron chi connectivity index (χ1n) is 7.06. The number of nitrogens with zero attached hydrogens (tertiary/aromatic N) is 3. The summed E-state index contributed by atoms with van der Waals surface area (Å²) in [5.41, 5.74) is 1.15. The van der Waals surface area contributed by atoms with Crippen LogP contribution in [0.1, 0.15) is 22.0 Å². The normalized spacial score (nSPS) is 11.9. The van der Waals surface area contributed by atoms with E-state index in [2.05, 4.69) is 15.4 Å². The molecule has 8 heteroatoms. The summed E-state index contributed by atoms with van der Waals surface area (Å²) >= 11 is 0. The average Bonchev–Trinajstić information content (AvgIpc) is 3.04. The van der Waals surface area contributed by atoms with E-state index in [1.54, 1.807) is 30.3 Å². The number of fused-ring (bicyclic) bond motifs is 1. The first-order valence-corrected chi connectivity index (χ1v) is 7.06. The molecule has 0 radical (unpaired) electrons. The highest BCUT2D eigenvalue weighted by atomic mass is 16.5. The lowest BCUT2D eigenvalue weighted by molar-refractivity contribution is -0.139. The van der Waals surface area contributed by atoms with E-state index in [1.807, 2.05) is 0 Å². The number of carboxylic acid groups (broad SMARTS) is 1. The summed E-state index contributed by atoms with van der Waals surface area (Å²) < 4.78 is 6.64. The lowest BCUT2D eigenvalue weighted by Gasteiger charge is -2.14. The van der Waals surface area contributed by atoms with Gasteiger partial charge in [0.1, 0.15) is 0 Å². The maximum Gasteiger partial charge on any atom is 0.330 e. The van der Waals surface area contributed by atoms with E-state index in [4.69, 9.17) is 4.74 Å². The molecular weight excluding hydrogens is 312 g/mol. The van der Waals surface area contributed by atoms with Gasteiger partial charge in [0.05, 0.1) is 24.4 Å². The van der Waals surface area contributed by atoms with Crippen molar-refractivity contribution >= 4 is 17.4 Å². The standard InChI is InChI=1S/C16H14N4O4/c1-24-13-6-2-5-12-11(9-18-20(12)13)15(21)19-14(16(22)23)10-4-3-7-17-8-10/h2-9,14H,1H3,(H,19,21)(H,22,23). The van der Waals surface area contributed by atoms with Crippen LogP contribution >= 0.6 is 0 Å². The monoisotopic (exact) mass is 326 g/mol. The highest BCUT2D eigenvalue weighted by Gasteiger charge is 2.24. The molecule has 3 aromatic rings. The second-order valence-corrected chi connectivity index (χ2v) is 4.95. The van der Waals surface area contributed by atoms with Crippen LogP contribution in [0.3, 0.4) is 0 Å². The highest BCUT2D eigenvalue weighted by Crippen LogP contribution is 2.19. The third-order valence-corrected chi connectivity index (χ3v) is 3.50. The number of methoxy groups -OCH3 is 1. The lowest BCUT2D eigenvalue weighted by atomic mass is 10.1. The lowest BCUT2D eigenvalue weighted by Crippen LogP contribution is -2.33. The quantitative estimate of drug-likeness (QED) is 0.732. The van der Waals surface area contributed by atoms with Crippen molar-refractivity contribution < 1.29 is 19.4 Å². The van der Waals surface area contributed by atoms with Crippen molar-refractivity contribution in [3.63, 3.8) is 0 Å². The summed E-state index contributed by atoms with van der Waals surface area (Å²) in [7, 11) is 1.50. The van der Waals surface area contributed by atoms with Crippen LogP contribution in [-0.2, 0) is 4.79 Å². The first-order chi connectivity index (χ1) is 11.6. The fourth-order valence-electron chi connectivity index (χ4n) is 2.36. The molecule has 24 heavy (non-hydrogen) atoms. The molecule has 3 rings (SSSR count). The van der Waals surface area contributed by atoms with Crippen LogP contribution in [0, 0.1) is 0 Å². The summed E-state index contributed by atoms with van der Waals surface area (Å²) in [6.07, 6.45) is 4.30. The number of aliphatic carboxylic acids is 1. The molecule has 1 atom stereocenters. The van der Waals surface area contributed by atoms with Crippen molar-refractivity contribution in [1.82, 2.24) is 19.9 Å². The van der Waals surface area contributed by atoms with Gasteiger partial charge in [-0.25, -0.2) is 9.31 Å². The van der Waals surface area contributed by atoms with Crippen molar-refractivity contribution in [2.75, 3.05) is 7.11 Å². The molecule has 2 N–H and O–H groups in total. The fraction of sp³-hybridized carbons (Fsp3) is 0.125. The molecule has 1 amide bonds. The van der Waals surface area contributed by atoms with Gasteiger partial charge in [-0.1, -0.05) is 12.1 Å². The summed E-state index contributed by atoms with van der Waals surface area (Å²) in [5, 5.41) is 16.0. The molecule has 0 bridgehead atoms. The number of carbonyl (C=O) groups is 2. The van der Waals surface area contributed by atoms with Crippen LogP contribution in [0.5, 0.6) is 5.88 Å². The van der Waals surface area contributed by atoms with E-state index >= 15 is 0 Å². The Balaban J connectivity index is 1.93. The van der Waals surface area contributed by atoms with E-state index in [9.17, 15) is 14.7 Å². The van der Waals surface area contributed by atoms with Gasteiger partial charge in [0.15, 0.2) is 6.04 Å². The van der Waals surface area contributed by atoms with E-state index in [0.29, 0.717) is 17.0 Å². The second kappa shape index (κ2) is 6.37. The zero-order valence-corrected chi connectivity index (χ0v) is 12.7. The second-order valence-electron chi connectivity index (χ2n) is 4.95. The molecule has 3 aromatic heterocycles. The predicted octanol–water partition coefficient (Wildman–Crippen LogP) is 1.29. The summed E-state index contributed by atoms with van der Waals surface area (Å²) in [6.45, 7) is 0. The van der Waals surface area contributed by atoms with Gasteiger partial charge in [0.2, 0.25) is 5.88 Å². The third kappa shape index (κ3) is 2.76. The molecule has 8 nitrogen and oxygen atoms in total. The molecule has 3 heterocycles. The van der Waals surface area contributed by atoms with E-state index < -0.39 is 17.9 Å². The van der Waals surface area contributed by atoms with Gasteiger partial charge in [0, 0.05) is 24.0 Å². The zero-order valence-electron chi connectivity index (χ0n) is 12.7. The van der Waals surface area contributed by atoms with Gasteiger partial charge >= 0.3 is 5.97 Å². The minimum atomic E-state index is -1.20. The van der Waals surface area contributed by atoms with Gasteiger partial charge in [-0.2, -0.15) is 5.10 Å². The third-order valence-electron chi connectivity index (χ3n) is 3.50. The Hall–Kier alpha value is -3.42. The van der Waals surface area contributed by atoms with Crippen LogP contribution < -0.4 is 10.1 Å². The maximum absolute atomic E-state index is 12.5. The molecule has 0 saturated carbocycles. The number of nitrogens with one attached hydrogen (secondary N) is 1. The Labute approximate surface area is 136 Å². The number of amides is 1. The van der Waals surface area contributed by atoms with Gasteiger partial charge in [-0.05, 0) is 12.1 Å². The van der Waals surface area contributed by atoms with Crippen LogP contribution in [0.4, 0.5) is 0 Å². The van der Waals surface area contributed by atoms with Gasteiger partial charge in [-0.15, -0.1) is 0 Å². The van der Waals surface area contributed by atoms with Crippen LogP contribution in [-0.4, -0.2) is 38.7 Å². The van der Waals surface area contributed by atoms with Crippen LogP contribution in [0.2, 0.25) is 0 Å². The molecular formula is C16H14N4O4. The van der Waals surface area contributed by atoms with Crippen molar-refractivity contribution in [3.05, 3.63) is 60.0 Å². The number of pyridine rings is 2. The highest BCUT2D eigenvalue weighted by molar-refractivity contribution is 6.02. The minimum Gasteiger partial charge on any atom is -0.481 e. The molecule has 0 spiro atoms. The summed E-state index contributed by atoms with van der Waals surface area (Å²) in [5.74, 6) is -1.26. The largest absolute Gasteiger partial charge is 0.481 e. The summed E-state index contributed by atoms with van der Waals surface area (Å²) in [4.78, 5) is 27.9. The number of hydrogen-bond donors (Lipinski definition) is 2. The number of aromatic nitrogens is 3. The van der Waals surface area contributed by atoms with E-state index in [1.165, 1.54) is 30.2 Å². The number of carboxylic acids is 1. The first kappa shape index (κ1) is 15.5. The zero-order chi connectivity index (χ0) is 17.1. The number of carbonyl (C=O) groups excluding carboxylic acids is 1. The van der Waals surface area contributed by atoms with E-state index in [0.717, 1.165) is 0 Å². The molecule has 122 valence electrons. The van der Waals surface area contributed by atoms with Gasteiger partial charge < -0.3 is 15.2 Å². The van der Waals surface area contributed by atoms with Gasteiger partial charge in [-0.3, -0.25) is 9.78 Å². The summed E-state index contributed by atoms with van der Waals surface area (Å²) in [6, 6.07) is 7.12. The van der Waals surface area contributed by atoms with Gasteiger partial charge in [0.25, 0.3) is 5.91 Å². The fourth-order valence-corrected chi connectivity index (χ4v) is 2.36.